The molecular formula is C28H37N5O3. The SMILES string of the molecule is CNC[C@@H](C)C(=O)N[C@H]1CNCC[C@H]2CC[C@@H](C(=O)NC(c3ccccc3)c3ccccc3)N2C1=O. The maximum absolute atomic E-state index is 13.7. The zero-order valence-electron chi connectivity index (χ0n) is 21.1. The second-order valence-corrected chi connectivity index (χ2v) is 9.77. The summed E-state index contributed by atoms with van der Waals surface area (Å²) < 4.78 is 0. The molecule has 4 atom stereocenters. The fourth-order valence-electron chi connectivity index (χ4n) is 5.25. The van der Waals surface area contributed by atoms with E-state index in [0.29, 0.717) is 19.5 Å². The number of hydrogen-bond acceptors (Lipinski definition) is 5. The Morgan fingerprint density at radius 3 is 2.25 bits per heavy atom. The molecule has 2 aromatic carbocycles. The van der Waals surface area contributed by atoms with E-state index < -0.39 is 12.1 Å². The van der Waals surface area contributed by atoms with Gasteiger partial charge < -0.3 is 26.2 Å². The van der Waals surface area contributed by atoms with Crippen LogP contribution in [0.4, 0.5) is 0 Å². The molecule has 2 aliphatic rings. The quantitative estimate of drug-likeness (QED) is 0.449. The molecule has 0 unspecified atom stereocenters. The topological polar surface area (TPSA) is 103 Å². The summed E-state index contributed by atoms with van der Waals surface area (Å²) in [7, 11) is 1.79. The molecule has 2 fully saturated rings. The van der Waals surface area contributed by atoms with Crippen LogP contribution in [0.2, 0.25) is 0 Å². The zero-order chi connectivity index (χ0) is 25.5. The number of amides is 3. The van der Waals surface area contributed by atoms with Gasteiger partial charge in [0.2, 0.25) is 17.7 Å². The molecule has 8 heteroatoms. The van der Waals surface area contributed by atoms with E-state index in [1.54, 1.807) is 11.9 Å². The Hall–Kier alpha value is -3.23. The first-order valence-electron chi connectivity index (χ1n) is 12.9. The number of carbonyl (C=O) groups is 3. The van der Waals surface area contributed by atoms with Crippen LogP contribution in [0.15, 0.2) is 60.7 Å². The normalized spacial score (nSPS) is 22.9. The molecule has 2 aromatic rings. The number of benzene rings is 2. The summed E-state index contributed by atoms with van der Waals surface area (Å²) in [6.07, 6.45) is 2.16. The molecule has 0 spiro atoms. The van der Waals surface area contributed by atoms with E-state index in [2.05, 4.69) is 21.3 Å². The molecule has 8 nitrogen and oxygen atoms in total. The van der Waals surface area contributed by atoms with E-state index in [4.69, 9.17) is 0 Å². The highest BCUT2D eigenvalue weighted by atomic mass is 16.2. The second kappa shape index (κ2) is 12.1. The molecule has 2 heterocycles. The molecule has 0 saturated carbocycles. The maximum atomic E-state index is 13.7. The Morgan fingerprint density at radius 1 is 1.00 bits per heavy atom. The first-order chi connectivity index (χ1) is 17.5. The van der Waals surface area contributed by atoms with Crippen molar-refractivity contribution in [3.8, 4) is 0 Å². The van der Waals surface area contributed by atoms with Crippen LogP contribution in [0.5, 0.6) is 0 Å². The molecule has 0 aliphatic carbocycles. The highest BCUT2D eigenvalue weighted by Crippen LogP contribution is 2.30. The van der Waals surface area contributed by atoms with Crippen LogP contribution in [0.3, 0.4) is 0 Å². The molecule has 0 bridgehead atoms. The average Bonchev–Trinajstić information content (AvgIpc) is 3.32. The number of rotatable bonds is 8. The number of nitrogens with one attached hydrogen (secondary N) is 4. The van der Waals surface area contributed by atoms with Crippen molar-refractivity contribution in [3.63, 3.8) is 0 Å². The lowest BCUT2D eigenvalue weighted by atomic mass is 9.98. The molecule has 2 aliphatic heterocycles. The number of carbonyl (C=O) groups excluding carboxylic acids is 3. The lowest BCUT2D eigenvalue weighted by molar-refractivity contribution is -0.144. The van der Waals surface area contributed by atoms with Gasteiger partial charge in [-0.25, -0.2) is 0 Å². The summed E-state index contributed by atoms with van der Waals surface area (Å²) in [6, 6.07) is 18.1. The lowest BCUT2D eigenvalue weighted by Crippen LogP contribution is -2.60. The summed E-state index contributed by atoms with van der Waals surface area (Å²) in [4.78, 5) is 41.8. The highest BCUT2D eigenvalue weighted by molar-refractivity contribution is 5.93. The minimum absolute atomic E-state index is 0.0258. The van der Waals surface area contributed by atoms with E-state index in [1.165, 1.54) is 0 Å². The molecule has 0 radical (unpaired) electrons. The molecule has 3 amide bonds. The molecule has 0 aromatic heterocycles. The van der Waals surface area contributed by atoms with Crippen molar-refractivity contribution < 1.29 is 14.4 Å². The van der Waals surface area contributed by atoms with Crippen molar-refractivity contribution >= 4 is 17.7 Å². The van der Waals surface area contributed by atoms with Gasteiger partial charge >= 0.3 is 0 Å². The van der Waals surface area contributed by atoms with Gasteiger partial charge in [0.25, 0.3) is 0 Å². The van der Waals surface area contributed by atoms with E-state index in [9.17, 15) is 14.4 Å². The lowest BCUT2D eigenvalue weighted by Gasteiger charge is -2.36. The number of fused-ring (bicyclic) bond motifs is 1. The van der Waals surface area contributed by atoms with Crippen molar-refractivity contribution in [1.82, 2.24) is 26.2 Å². The Balaban J connectivity index is 1.54. The first-order valence-corrected chi connectivity index (χ1v) is 12.9. The monoisotopic (exact) mass is 491 g/mol. The van der Waals surface area contributed by atoms with Crippen molar-refractivity contribution in [2.75, 3.05) is 26.7 Å². The molecule has 2 saturated heterocycles. The Bertz CT molecular complexity index is 992. The van der Waals surface area contributed by atoms with Crippen LogP contribution in [0.1, 0.15) is 43.4 Å². The third kappa shape index (κ3) is 5.94. The maximum Gasteiger partial charge on any atom is 0.247 e. The van der Waals surface area contributed by atoms with E-state index in [1.807, 2.05) is 67.6 Å². The largest absolute Gasteiger partial charge is 0.343 e. The Kier molecular flexibility index (Phi) is 8.72. The van der Waals surface area contributed by atoms with Crippen molar-refractivity contribution in [3.05, 3.63) is 71.8 Å². The number of hydrogen-bond donors (Lipinski definition) is 4. The van der Waals surface area contributed by atoms with E-state index in [-0.39, 0.29) is 35.7 Å². The van der Waals surface area contributed by atoms with Gasteiger partial charge in [-0.1, -0.05) is 67.6 Å². The highest BCUT2D eigenvalue weighted by Gasteiger charge is 2.44. The van der Waals surface area contributed by atoms with Crippen molar-refractivity contribution in [2.45, 2.75) is 50.4 Å². The predicted octanol–water partition coefficient (Wildman–Crippen LogP) is 1.59. The standard InChI is InChI=1S/C28H37N5O3/c1-19(17-29-2)26(34)31-23-18-30-16-15-22-13-14-24(33(22)28(23)36)27(35)32-25(20-9-5-3-6-10-20)21-11-7-4-8-12-21/h3-12,19,22-25,29-30H,13-18H2,1-2H3,(H,31,34)(H,32,35)/t19-,22-,23+,24+/m1/s1. The van der Waals surface area contributed by atoms with E-state index >= 15 is 0 Å². The van der Waals surface area contributed by atoms with Crippen LogP contribution in [0, 0.1) is 5.92 Å². The third-order valence-electron chi connectivity index (χ3n) is 7.19. The molecule has 4 rings (SSSR count). The summed E-state index contributed by atoms with van der Waals surface area (Å²) in [5.41, 5.74) is 1.97. The average molecular weight is 492 g/mol. The minimum atomic E-state index is -0.702. The smallest absolute Gasteiger partial charge is 0.247 e. The molecule has 36 heavy (non-hydrogen) atoms. The summed E-state index contributed by atoms with van der Waals surface area (Å²) in [6.45, 7) is 3.44. The minimum Gasteiger partial charge on any atom is -0.343 e. The number of nitrogens with zero attached hydrogens (tertiary/aromatic N) is 1. The molecule has 192 valence electrons. The van der Waals surface area contributed by atoms with Gasteiger partial charge in [0.15, 0.2) is 0 Å². The fourth-order valence-corrected chi connectivity index (χ4v) is 5.25. The van der Waals surface area contributed by atoms with Crippen LogP contribution in [0.25, 0.3) is 0 Å². The molecular weight excluding hydrogens is 454 g/mol. The second-order valence-electron chi connectivity index (χ2n) is 9.77. The summed E-state index contributed by atoms with van der Waals surface area (Å²) in [5, 5.41) is 12.4. The third-order valence-corrected chi connectivity index (χ3v) is 7.19. The van der Waals surface area contributed by atoms with Crippen molar-refractivity contribution in [1.29, 1.82) is 0 Å². The summed E-state index contributed by atoms with van der Waals surface area (Å²) >= 11 is 0. The Labute approximate surface area is 213 Å². The Morgan fingerprint density at radius 2 is 1.64 bits per heavy atom. The first kappa shape index (κ1) is 25.9. The van der Waals surface area contributed by atoms with Gasteiger partial charge in [-0.05, 0) is 44.0 Å². The predicted molar refractivity (Wildman–Crippen MR) is 139 cm³/mol. The van der Waals surface area contributed by atoms with Crippen LogP contribution < -0.4 is 21.3 Å². The van der Waals surface area contributed by atoms with Gasteiger partial charge in [-0.2, -0.15) is 0 Å². The van der Waals surface area contributed by atoms with Gasteiger partial charge in [0.1, 0.15) is 12.1 Å². The van der Waals surface area contributed by atoms with Gasteiger partial charge in [-0.3, -0.25) is 14.4 Å². The molecule has 4 N–H and O–H groups in total. The van der Waals surface area contributed by atoms with Gasteiger partial charge in [-0.15, -0.1) is 0 Å². The van der Waals surface area contributed by atoms with Crippen LogP contribution >= 0.6 is 0 Å². The van der Waals surface area contributed by atoms with Gasteiger partial charge in [0.05, 0.1) is 6.04 Å². The van der Waals surface area contributed by atoms with E-state index in [0.717, 1.165) is 30.5 Å². The van der Waals surface area contributed by atoms with Gasteiger partial charge in [0, 0.05) is 25.0 Å². The zero-order valence-corrected chi connectivity index (χ0v) is 21.1. The van der Waals surface area contributed by atoms with Crippen molar-refractivity contribution in [2.24, 2.45) is 5.92 Å². The summed E-state index contributed by atoms with van der Waals surface area (Å²) in [5.74, 6) is -0.786. The van der Waals surface area contributed by atoms with Crippen LogP contribution in [-0.2, 0) is 14.4 Å². The fraction of sp³-hybridized carbons (Fsp3) is 0.464. The van der Waals surface area contributed by atoms with Crippen LogP contribution in [-0.4, -0.2) is 67.4 Å².